The normalized spacial score (nSPS) is 12.3. The van der Waals surface area contributed by atoms with Gasteiger partial charge in [-0.25, -0.2) is 4.79 Å². The summed E-state index contributed by atoms with van der Waals surface area (Å²) in [7, 11) is 1.20. The fraction of sp³-hybridized carbons (Fsp3) is 0.222. The number of carbonyl (C=O) groups is 2. The Morgan fingerprint density at radius 3 is 2.35 bits per heavy atom. The Labute approximate surface area is 161 Å². The van der Waals surface area contributed by atoms with Crippen LogP contribution >= 0.6 is 22.6 Å². The van der Waals surface area contributed by atoms with E-state index in [9.17, 15) is 22.8 Å². The van der Waals surface area contributed by atoms with Crippen LogP contribution in [0, 0.1) is 3.57 Å². The minimum Gasteiger partial charge on any atom is -0.467 e. The van der Waals surface area contributed by atoms with Gasteiger partial charge in [-0.3, -0.25) is 4.79 Å². The minimum atomic E-state index is -4.48. The number of rotatable bonds is 5. The van der Waals surface area contributed by atoms with E-state index in [1.54, 1.807) is 0 Å². The van der Waals surface area contributed by atoms with Gasteiger partial charge in [-0.15, -0.1) is 0 Å². The number of benzene rings is 2. The van der Waals surface area contributed by atoms with Crippen molar-refractivity contribution in [3.8, 4) is 0 Å². The van der Waals surface area contributed by atoms with E-state index < -0.39 is 29.7 Å². The van der Waals surface area contributed by atoms with Crippen molar-refractivity contribution in [1.29, 1.82) is 0 Å². The lowest BCUT2D eigenvalue weighted by atomic mass is 10.0. The van der Waals surface area contributed by atoms with Crippen LogP contribution in [0.5, 0.6) is 0 Å². The number of amides is 1. The van der Waals surface area contributed by atoms with Crippen LogP contribution in [0.2, 0.25) is 0 Å². The molecule has 1 amide bonds. The number of carbonyl (C=O) groups excluding carboxylic acids is 2. The van der Waals surface area contributed by atoms with Crippen LogP contribution in [0.15, 0.2) is 48.5 Å². The Morgan fingerprint density at radius 1 is 1.15 bits per heavy atom. The lowest BCUT2D eigenvalue weighted by molar-refractivity contribution is -0.142. The molecule has 0 bridgehead atoms. The molecule has 138 valence electrons. The highest BCUT2D eigenvalue weighted by molar-refractivity contribution is 14.1. The number of halogens is 4. The van der Waals surface area contributed by atoms with Crippen LogP contribution in [0.3, 0.4) is 0 Å². The van der Waals surface area contributed by atoms with Gasteiger partial charge in [0.2, 0.25) is 0 Å². The second kappa shape index (κ2) is 8.52. The summed E-state index contributed by atoms with van der Waals surface area (Å²) in [6.07, 6.45) is -4.27. The Kier molecular flexibility index (Phi) is 6.63. The second-order valence-corrected chi connectivity index (χ2v) is 6.70. The van der Waals surface area contributed by atoms with E-state index in [2.05, 4.69) is 27.9 Å². The highest BCUT2D eigenvalue weighted by atomic mass is 127. The van der Waals surface area contributed by atoms with Gasteiger partial charge in [0.1, 0.15) is 6.04 Å². The first kappa shape index (κ1) is 20.2. The summed E-state index contributed by atoms with van der Waals surface area (Å²) in [6, 6.07) is 10.2. The van der Waals surface area contributed by atoms with Crippen LogP contribution < -0.4 is 5.32 Å². The number of hydrogen-bond acceptors (Lipinski definition) is 3. The van der Waals surface area contributed by atoms with Crippen molar-refractivity contribution in [3.63, 3.8) is 0 Å². The fourth-order valence-corrected chi connectivity index (χ4v) is 2.89. The van der Waals surface area contributed by atoms with Gasteiger partial charge in [-0.05, 0) is 64.6 Å². The van der Waals surface area contributed by atoms with Crippen molar-refractivity contribution >= 4 is 34.5 Å². The van der Waals surface area contributed by atoms with Gasteiger partial charge in [-0.2, -0.15) is 13.2 Å². The molecule has 2 aromatic rings. The van der Waals surface area contributed by atoms with Crippen molar-refractivity contribution in [2.45, 2.75) is 18.6 Å². The average Bonchev–Trinajstić information content (AvgIpc) is 2.59. The van der Waals surface area contributed by atoms with E-state index in [4.69, 9.17) is 4.74 Å². The van der Waals surface area contributed by atoms with Gasteiger partial charge in [0.15, 0.2) is 0 Å². The molecule has 2 rings (SSSR count). The maximum Gasteiger partial charge on any atom is 0.416 e. The maximum absolute atomic E-state index is 12.6. The number of methoxy groups -OCH3 is 1. The van der Waals surface area contributed by atoms with Crippen molar-refractivity contribution in [2.75, 3.05) is 7.11 Å². The first-order valence-corrected chi connectivity index (χ1v) is 8.59. The van der Waals surface area contributed by atoms with Gasteiger partial charge in [0, 0.05) is 15.6 Å². The van der Waals surface area contributed by atoms with E-state index >= 15 is 0 Å². The summed E-state index contributed by atoms with van der Waals surface area (Å²) < 4.78 is 43.5. The molecule has 26 heavy (non-hydrogen) atoms. The molecular weight excluding hydrogens is 462 g/mol. The van der Waals surface area contributed by atoms with Crippen LogP contribution in [-0.2, 0) is 22.1 Å². The molecule has 1 atom stereocenters. The molecule has 0 fully saturated rings. The van der Waals surface area contributed by atoms with Crippen LogP contribution in [0.25, 0.3) is 0 Å². The third-order valence-corrected chi connectivity index (χ3v) is 4.27. The quantitative estimate of drug-likeness (QED) is 0.527. The zero-order valence-electron chi connectivity index (χ0n) is 13.6. The lowest BCUT2D eigenvalue weighted by Gasteiger charge is -2.17. The molecular formula is C18H15F3INO3. The van der Waals surface area contributed by atoms with Crippen molar-refractivity contribution in [3.05, 3.63) is 68.8 Å². The summed E-state index contributed by atoms with van der Waals surface area (Å²) in [5.74, 6) is -1.29. The molecule has 0 aromatic heterocycles. The molecule has 8 heteroatoms. The number of ether oxygens (including phenoxy) is 1. The predicted octanol–water partition coefficient (Wildman–Crippen LogP) is 3.82. The molecule has 4 nitrogen and oxygen atoms in total. The van der Waals surface area contributed by atoms with Gasteiger partial charge in [0.25, 0.3) is 5.91 Å². The zero-order chi connectivity index (χ0) is 19.3. The summed E-state index contributed by atoms with van der Waals surface area (Å²) in [4.78, 5) is 24.3. The summed E-state index contributed by atoms with van der Waals surface area (Å²) in [5.41, 5.74) is -0.00741. The summed E-state index contributed by atoms with van der Waals surface area (Å²) in [5, 5.41) is 2.51. The number of esters is 1. The van der Waals surface area contributed by atoms with Gasteiger partial charge in [0.05, 0.1) is 12.7 Å². The fourth-order valence-electron chi connectivity index (χ4n) is 2.29. The third-order valence-electron chi connectivity index (χ3n) is 3.59. The van der Waals surface area contributed by atoms with Crippen LogP contribution in [0.1, 0.15) is 21.5 Å². The maximum atomic E-state index is 12.6. The summed E-state index contributed by atoms with van der Waals surface area (Å²) >= 11 is 2.13. The molecule has 0 aliphatic rings. The lowest BCUT2D eigenvalue weighted by Crippen LogP contribution is -2.43. The molecule has 0 spiro atoms. The second-order valence-electron chi connectivity index (χ2n) is 5.46. The predicted molar refractivity (Wildman–Crippen MR) is 97.6 cm³/mol. The summed E-state index contributed by atoms with van der Waals surface area (Å²) in [6.45, 7) is 0. The van der Waals surface area contributed by atoms with Gasteiger partial charge < -0.3 is 10.1 Å². The monoisotopic (exact) mass is 477 g/mol. The molecule has 2 aromatic carbocycles. The third kappa shape index (κ3) is 5.45. The molecule has 0 aliphatic heterocycles. The van der Waals surface area contributed by atoms with Crippen molar-refractivity contribution < 1.29 is 27.5 Å². The first-order valence-electron chi connectivity index (χ1n) is 7.51. The average molecular weight is 477 g/mol. The van der Waals surface area contributed by atoms with E-state index in [1.165, 1.54) is 7.11 Å². The van der Waals surface area contributed by atoms with E-state index in [1.807, 2.05) is 24.3 Å². The molecule has 0 unspecified atom stereocenters. The highest BCUT2D eigenvalue weighted by Crippen LogP contribution is 2.29. The zero-order valence-corrected chi connectivity index (χ0v) is 15.8. The van der Waals surface area contributed by atoms with Crippen LogP contribution in [0.4, 0.5) is 13.2 Å². The topological polar surface area (TPSA) is 55.4 Å². The van der Waals surface area contributed by atoms with Crippen LogP contribution in [-0.4, -0.2) is 25.0 Å². The Bertz CT molecular complexity index is 791. The van der Waals surface area contributed by atoms with E-state index in [-0.39, 0.29) is 12.0 Å². The van der Waals surface area contributed by atoms with E-state index in [0.717, 1.165) is 33.4 Å². The van der Waals surface area contributed by atoms with Gasteiger partial charge in [-0.1, -0.05) is 12.1 Å². The molecule has 0 radical (unpaired) electrons. The Hall–Kier alpha value is -2.10. The SMILES string of the molecule is COC(=O)[C@H](Cc1cccc(I)c1)NC(=O)c1ccc(C(F)(F)F)cc1. The molecule has 0 aliphatic carbocycles. The number of nitrogens with one attached hydrogen (secondary N) is 1. The number of alkyl halides is 3. The molecule has 0 saturated carbocycles. The number of hydrogen-bond donors (Lipinski definition) is 1. The van der Waals surface area contributed by atoms with Crippen molar-refractivity contribution in [2.24, 2.45) is 0 Å². The Morgan fingerprint density at radius 2 is 1.81 bits per heavy atom. The highest BCUT2D eigenvalue weighted by Gasteiger charge is 2.30. The smallest absolute Gasteiger partial charge is 0.416 e. The molecule has 0 heterocycles. The van der Waals surface area contributed by atoms with E-state index in [0.29, 0.717) is 0 Å². The Balaban J connectivity index is 2.14. The largest absolute Gasteiger partial charge is 0.467 e. The van der Waals surface area contributed by atoms with Gasteiger partial charge >= 0.3 is 12.1 Å². The molecule has 0 saturated heterocycles. The first-order chi connectivity index (χ1) is 12.2. The van der Waals surface area contributed by atoms with Crippen molar-refractivity contribution in [1.82, 2.24) is 5.32 Å². The minimum absolute atomic E-state index is 0.0227. The molecule has 1 N–H and O–H groups in total. The standard InChI is InChI=1S/C18H15F3INO3/c1-26-17(25)15(10-11-3-2-4-14(22)9-11)23-16(24)12-5-7-13(8-6-12)18(19,20)21/h2-9,15H,10H2,1H3,(H,23,24)/t15-/m0/s1.